The van der Waals surface area contributed by atoms with E-state index in [9.17, 15) is 14.7 Å². The molecule has 0 heterocycles. The molecule has 4 N–H and O–H groups in total. The predicted molar refractivity (Wildman–Crippen MR) is 73.1 cm³/mol. The molecule has 0 bridgehead atoms. The van der Waals surface area contributed by atoms with Gasteiger partial charge in [0.1, 0.15) is 0 Å². The third-order valence-corrected chi connectivity index (χ3v) is 2.50. The van der Waals surface area contributed by atoms with Crippen LogP contribution in [0.25, 0.3) is 0 Å². The quantitative estimate of drug-likeness (QED) is 0.367. The Morgan fingerprint density at radius 1 is 1.19 bits per heavy atom. The van der Waals surface area contributed by atoms with Gasteiger partial charge in [0.2, 0.25) is 0 Å². The Balaban J connectivity index is 0.00000312. The van der Waals surface area contributed by atoms with Gasteiger partial charge in [-0.05, 0) is 11.6 Å². The fraction of sp³-hybridized carbons (Fsp3) is 0.0667. The van der Waals surface area contributed by atoms with Crippen LogP contribution in [0.3, 0.4) is 0 Å². The van der Waals surface area contributed by atoms with E-state index in [1.807, 2.05) is 0 Å². The maximum atomic E-state index is 12.7. The van der Waals surface area contributed by atoms with Crippen molar-refractivity contribution in [3.63, 3.8) is 0 Å². The van der Waals surface area contributed by atoms with Crippen LogP contribution in [0.2, 0.25) is 0 Å². The van der Waals surface area contributed by atoms with Crippen LogP contribution < -0.4 is 40.4 Å². The van der Waals surface area contributed by atoms with Crippen molar-refractivity contribution in [3.8, 4) is 0 Å². The van der Waals surface area contributed by atoms with E-state index in [1.54, 1.807) is 0 Å². The van der Waals surface area contributed by atoms with Crippen molar-refractivity contribution >= 4 is 17.4 Å². The summed E-state index contributed by atoms with van der Waals surface area (Å²) in [4.78, 5) is 23.4. The number of ketones is 1. The van der Waals surface area contributed by atoms with E-state index < -0.39 is 53.9 Å². The number of rotatable bonds is 4. The van der Waals surface area contributed by atoms with Gasteiger partial charge in [-0.25, -0.2) is 0 Å². The van der Waals surface area contributed by atoms with Crippen LogP contribution in [-0.2, 0) is 11.2 Å². The molecule has 0 unspecified atom stereocenters. The number of benzene rings is 2. The van der Waals surface area contributed by atoms with Crippen LogP contribution in [0.1, 0.15) is 28.3 Å². The molecule has 21 heavy (non-hydrogen) atoms. The number of aliphatic carboxylic acids is 1. The summed E-state index contributed by atoms with van der Waals surface area (Å²) < 4.78 is 38.4. The second-order valence-corrected chi connectivity index (χ2v) is 3.76. The van der Waals surface area contributed by atoms with Gasteiger partial charge in [-0.15, -0.1) is 0 Å². The average Bonchev–Trinajstić information content (AvgIpc) is 2.52. The topological polar surface area (TPSA) is 115 Å². The normalized spacial score (nSPS) is 12.5. The minimum absolute atomic E-state index is 0. The van der Waals surface area contributed by atoms with Crippen molar-refractivity contribution in [1.82, 2.24) is 0 Å². The fourth-order valence-electron chi connectivity index (χ4n) is 1.62. The Morgan fingerprint density at radius 3 is 2.38 bits per heavy atom. The van der Waals surface area contributed by atoms with E-state index in [1.165, 1.54) is 18.2 Å². The Bertz CT molecular complexity index is 847. The molecule has 0 aliphatic carbocycles. The van der Waals surface area contributed by atoms with Gasteiger partial charge < -0.3 is 21.1 Å². The SMILES string of the molecule is O.[2H]c1c([2H])c([2H])c(C(=O)c2cccc(CC(=O)[O-])c2N)c([2H])c1[2H].[Na+]. The molecule has 0 aromatic heterocycles. The third kappa shape index (κ3) is 4.68. The minimum atomic E-state index is -1.38. The first-order valence-corrected chi connectivity index (χ1v) is 5.35. The molecule has 0 saturated heterocycles. The van der Waals surface area contributed by atoms with E-state index in [-0.39, 0.29) is 51.8 Å². The Hall–Kier alpha value is -1.66. The molecule has 0 aliphatic heterocycles. The molecule has 0 aliphatic rings. The van der Waals surface area contributed by atoms with E-state index in [2.05, 4.69) is 0 Å². The molecule has 0 radical (unpaired) electrons. The average molecular weight is 300 g/mol. The first-order valence-electron chi connectivity index (χ1n) is 7.85. The number of carboxylic acids is 1. The number of carbonyl (C=O) groups is 2. The number of anilines is 1. The fourth-order valence-corrected chi connectivity index (χ4v) is 1.62. The molecule has 2 rings (SSSR count). The monoisotopic (exact) mass is 300 g/mol. The first kappa shape index (κ1) is 11.9. The molecule has 2 aromatic carbocycles. The summed E-state index contributed by atoms with van der Waals surface area (Å²) in [6.45, 7) is 0. The second kappa shape index (κ2) is 8.59. The zero-order valence-electron chi connectivity index (χ0n) is 16.2. The molecule has 0 saturated carbocycles. The van der Waals surface area contributed by atoms with Gasteiger partial charge in [-0.2, -0.15) is 0 Å². The Morgan fingerprint density at radius 2 is 1.81 bits per heavy atom. The van der Waals surface area contributed by atoms with Crippen molar-refractivity contribution < 1.29 is 56.6 Å². The molecule has 104 valence electrons. The number of carbonyl (C=O) groups excluding carboxylic acids is 2. The van der Waals surface area contributed by atoms with Gasteiger partial charge in [-0.1, -0.05) is 42.3 Å². The van der Waals surface area contributed by atoms with Gasteiger partial charge >= 0.3 is 29.6 Å². The van der Waals surface area contributed by atoms with Gasteiger partial charge in [0.25, 0.3) is 0 Å². The standard InChI is InChI=1S/C15H13NO3.Na.H2O/c16-14-11(9-13(17)18)7-4-8-12(14)15(19)10-5-2-1-3-6-10;;/h1-8H,9,16H2,(H,17,18);;1H2/q;+1;/p-1/i1D,2D,3D,5D,6D;;. The van der Waals surface area contributed by atoms with Crippen molar-refractivity contribution in [1.29, 1.82) is 0 Å². The summed E-state index contributed by atoms with van der Waals surface area (Å²) in [7, 11) is 0. The Kier molecular flexibility index (Phi) is 4.88. The largest absolute Gasteiger partial charge is 1.00 e. The maximum absolute atomic E-state index is 12.7. The smallest absolute Gasteiger partial charge is 0.550 e. The summed E-state index contributed by atoms with van der Waals surface area (Å²) >= 11 is 0. The molecule has 5 nitrogen and oxygen atoms in total. The second-order valence-electron chi connectivity index (χ2n) is 3.76. The van der Waals surface area contributed by atoms with Crippen LogP contribution in [0.5, 0.6) is 0 Å². The summed E-state index contributed by atoms with van der Waals surface area (Å²) in [6, 6.07) is 0.942. The minimum Gasteiger partial charge on any atom is -0.550 e. The van der Waals surface area contributed by atoms with Crippen molar-refractivity contribution in [3.05, 3.63) is 65.1 Å². The van der Waals surface area contributed by atoms with Crippen LogP contribution >= 0.6 is 0 Å². The molecule has 0 fully saturated rings. The number of carboxylic acid groups (broad SMARTS) is 1. The number of para-hydroxylation sites is 1. The molecule has 6 heteroatoms. The molecule has 2 aromatic rings. The van der Waals surface area contributed by atoms with Gasteiger partial charge in [-0.3, -0.25) is 4.79 Å². The molecule has 0 atom stereocenters. The van der Waals surface area contributed by atoms with Gasteiger partial charge in [0, 0.05) is 29.2 Å². The van der Waals surface area contributed by atoms with Crippen LogP contribution in [0.15, 0.2) is 48.4 Å². The van der Waals surface area contributed by atoms with E-state index >= 15 is 0 Å². The number of hydrogen-bond acceptors (Lipinski definition) is 4. The maximum Gasteiger partial charge on any atom is 1.00 e. The van der Waals surface area contributed by atoms with Crippen molar-refractivity contribution in [2.24, 2.45) is 0 Å². The van der Waals surface area contributed by atoms with Gasteiger partial charge in [0.05, 0.1) is 6.85 Å². The molecular formula is C15H14NNaO4. The van der Waals surface area contributed by atoms with Crippen LogP contribution in [-0.4, -0.2) is 17.2 Å². The molecule has 0 amide bonds. The summed E-state index contributed by atoms with van der Waals surface area (Å²) in [6.07, 6.45) is -0.506. The number of hydrogen-bond donors (Lipinski definition) is 1. The summed E-state index contributed by atoms with van der Waals surface area (Å²) in [5, 5.41) is 10.7. The Labute approximate surface area is 151 Å². The number of nitrogen functional groups attached to an aromatic ring is 1. The van der Waals surface area contributed by atoms with Crippen LogP contribution in [0.4, 0.5) is 5.69 Å². The number of nitrogens with two attached hydrogens (primary N) is 1. The predicted octanol–water partition coefficient (Wildman–Crippen LogP) is -3.03. The van der Waals surface area contributed by atoms with E-state index in [4.69, 9.17) is 12.6 Å². The van der Waals surface area contributed by atoms with E-state index in [0.717, 1.165) is 0 Å². The van der Waals surface area contributed by atoms with Gasteiger partial charge in [0.15, 0.2) is 5.78 Å². The first-order chi connectivity index (χ1) is 11.2. The summed E-state index contributed by atoms with van der Waals surface area (Å²) in [5.74, 6) is -2.25. The molecular weight excluding hydrogens is 281 g/mol. The van der Waals surface area contributed by atoms with E-state index in [0.29, 0.717) is 0 Å². The van der Waals surface area contributed by atoms with Crippen LogP contribution in [0, 0.1) is 0 Å². The summed E-state index contributed by atoms with van der Waals surface area (Å²) in [5.41, 5.74) is 5.18. The van der Waals surface area contributed by atoms with Crippen molar-refractivity contribution in [2.45, 2.75) is 6.42 Å². The zero-order chi connectivity index (χ0) is 18.2. The zero-order valence-corrected chi connectivity index (χ0v) is 13.2. The van der Waals surface area contributed by atoms with Crippen molar-refractivity contribution in [2.75, 3.05) is 5.73 Å². The molecule has 0 spiro atoms. The third-order valence-electron chi connectivity index (χ3n) is 2.50.